The number of nitrogens with one attached hydrogen (secondary N) is 1. The molecular formula is C34H47N5O7Si. The molecule has 12 nitrogen and oxygen atoms in total. The number of hydrogen-bond donors (Lipinski definition) is 2. The third-order valence-electron chi connectivity index (χ3n) is 9.30. The molecule has 3 aromatic rings. The van der Waals surface area contributed by atoms with E-state index in [1.807, 2.05) is 44.4 Å². The molecule has 47 heavy (non-hydrogen) atoms. The van der Waals surface area contributed by atoms with Crippen LogP contribution >= 0.6 is 0 Å². The average molecular weight is 666 g/mol. The van der Waals surface area contributed by atoms with Crippen LogP contribution in [0.1, 0.15) is 56.1 Å². The Morgan fingerprint density at radius 2 is 1.89 bits per heavy atom. The van der Waals surface area contributed by atoms with Crippen LogP contribution in [-0.4, -0.2) is 83.3 Å². The fraction of sp³-hybridized carbons (Fsp3) is 0.588. The standard InChI is InChI=1S/C34H47N5O7Si/c1-20-25(32(40)37-22-12-13-38(33(41)42)31(22)34(2,3)4)27-29(39(20)18-43-14-15-47(5,6)7)28(36-17-35-27)26-23(44-16-21-8-9-21)10-11-24-30(26)46-19-45-24/h10-11,17,21-22,31H,8-9,12-16,18-19H2,1-7H3,(H,37,40)(H,41,42)/t22-,31?/m1/s1. The highest BCUT2D eigenvalue weighted by Crippen LogP contribution is 2.49. The number of benzene rings is 1. The van der Waals surface area contributed by atoms with Crippen LogP contribution in [0.2, 0.25) is 25.7 Å². The number of nitrogens with zero attached hydrogens (tertiary/aromatic N) is 4. The highest BCUT2D eigenvalue weighted by molar-refractivity contribution is 6.76. The molecule has 0 bridgehead atoms. The Morgan fingerprint density at radius 3 is 2.57 bits per heavy atom. The first-order chi connectivity index (χ1) is 22.2. The van der Waals surface area contributed by atoms with Crippen LogP contribution in [0, 0.1) is 18.3 Å². The van der Waals surface area contributed by atoms with Crippen molar-refractivity contribution in [3.63, 3.8) is 0 Å². The summed E-state index contributed by atoms with van der Waals surface area (Å²) in [7, 11) is -1.34. The van der Waals surface area contributed by atoms with Crippen molar-refractivity contribution >= 4 is 31.1 Å². The summed E-state index contributed by atoms with van der Waals surface area (Å²) in [4.78, 5) is 37.3. The lowest BCUT2D eigenvalue weighted by Gasteiger charge is -2.37. The van der Waals surface area contributed by atoms with Gasteiger partial charge in [0.2, 0.25) is 6.79 Å². The van der Waals surface area contributed by atoms with E-state index in [4.69, 9.17) is 23.9 Å². The Morgan fingerprint density at radius 1 is 1.13 bits per heavy atom. The SMILES string of the molecule is Cc1c(C(=O)N[C@@H]2CCN(C(=O)O)C2C(C)(C)C)c2ncnc(-c3c(OCC4CC4)ccc4c3OCO4)c2n1COCC[Si](C)(C)C. The van der Waals surface area contributed by atoms with Crippen molar-refractivity contribution in [1.82, 2.24) is 24.8 Å². The van der Waals surface area contributed by atoms with E-state index in [-0.39, 0.29) is 36.9 Å². The summed E-state index contributed by atoms with van der Waals surface area (Å²) in [6.07, 6.45) is 3.29. The first-order valence-corrected chi connectivity index (χ1v) is 20.2. The summed E-state index contributed by atoms with van der Waals surface area (Å²) in [5.41, 5.74) is 3.02. The molecule has 3 aliphatic rings. The minimum atomic E-state index is -1.34. The van der Waals surface area contributed by atoms with Gasteiger partial charge in [0.05, 0.1) is 35.3 Å². The van der Waals surface area contributed by atoms with Crippen LogP contribution in [0.3, 0.4) is 0 Å². The van der Waals surface area contributed by atoms with Gasteiger partial charge in [-0.05, 0) is 55.7 Å². The number of carboxylic acid groups (broad SMARTS) is 1. The summed E-state index contributed by atoms with van der Waals surface area (Å²) in [5, 5.41) is 13.1. The molecule has 2 aromatic heterocycles. The summed E-state index contributed by atoms with van der Waals surface area (Å²) in [6.45, 7) is 16.6. The van der Waals surface area contributed by atoms with E-state index in [0.717, 1.165) is 18.9 Å². The van der Waals surface area contributed by atoms with Crippen molar-refractivity contribution < 1.29 is 33.6 Å². The number of ether oxygens (including phenoxy) is 4. The van der Waals surface area contributed by atoms with Crippen molar-refractivity contribution in [3.8, 4) is 28.5 Å². The average Bonchev–Trinajstić information content (AvgIpc) is 3.38. The van der Waals surface area contributed by atoms with Gasteiger partial charge in [0, 0.05) is 26.9 Å². The Balaban J connectivity index is 1.44. The van der Waals surface area contributed by atoms with Gasteiger partial charge in [0.15, 0.2) is 11.5 Å². The molecule has 254 valence electrons. The quantitative estimate of drug-likeness (QED) is 0.183. The molecule has 2 aliphatic heterocycles. The normalized spacial score (nSPS) is 19.4. The molecule has 1 aliphatic carbocycles. The first kappa shape index (κ1) is 33.1. The Hall–Kier alpha value is -3.84. The molecule has 2 amide bonds. The minimum absolute atomic E-state index is 0.0832. The molecule has 1 aromatic carbocycles. The number of aromatic nitrogens is 3. The van der Waals surface area contributed by atoms with E-state index >= 15 is 0 Å². The van der Waals surface area contributed by atoms with E-state index in [1.54, 1.807) is 0 Å². The topological polar surface area (TPSA) is 137 Å². The molecule has 2 fully saturated rings. The predicted molar refractivity (Wildman–Crippen MR) is 180 cm³/mol. The van der Waals surface area contributed by atoms with Gasteiger partial charge in [-0.1, -0.05) is 40.4 Å². The van der Waals surface area contributed by atoms with Crippen molar-refractivity contribution in [2.45, 2.75) is 91.5 Å². The van der Waals surface area contributed by atoms with Crippen molar-refractivity contribution in [3.05, 3.63) is 29.7 Å². The van der Waals surface area contributed by atoms with Crippen molar-refractivity contribution in [2.24, 2.45) is 11.3 Å². The molecular weight excluding hydrogens is 618 g/mol. The molecule has 0 radical (unpaired) electrons. The van der Waals surface area contributed by atoms with Crippen LogP contribution in [0.5, 0.6) is 17.2 Å². The second-order valence-corrected chi connectivity index (χ2v) is 20.9. The van der Waals surface area contributed by atoms with E-state index < -0.39 is 14.2 Å². The zero-order valence-electron chi connectivity index (χ0n) is 28.5. The first-order valence-electron chi connectivity index (χ1n) is 16.5. The summed E-state index contributed by atoms with van der Waals surface area (Å²) in [5.74, 6) is 1.99. The van der Waals surface area contributed by atoms with E-state index in [1.165, 1.54) is 11.2 Å². The number of hydrogen-bond acceptors (Lipinski definition) is 8. The molecule has 2 atom stereocenters. The molecule has 4 heterocycles. The van der Waals surface area contributed by atoms with Gasteiger partial charge < -0.3 is 38.8 Å². The molecule has 0 spiro atoms. The van der Waals surface area contributed by atoms with Crippen molar-refractivity contribution in [2.75, 3.05) is 26.6 Å². The molecule has 1 saturated carbocycles. The smallest absolute Gasteiger partial charge is 0.407 e. The molecule has 1 saturated heterocycles. The largest absolute Gasteiger partial charge is 0.492 e. The second kappa shape index (κ2) is 12.6. The summed E-state index contributed by atoms with van der Waals surface area (Å²) >= 11 is 0. The molecule has 6 rings (SSSR count). The van der Waals surface area contributed by atoms with Crippen LogP contribution in [-0.2, 0) is 11.5 Å². The Kier molecular flexibility index (Phi) is 8.90. The zero-order chi connectivity index (χ0) is 33.7. The monoisotopic (exact) mass is 665 g/mol. The van der Waals surface area contributed by atoms with E-state index in [0.29, 0.717) is 82.9 Å². The van der Waals surface area contributed by atoms with Crippen molar-refractivity contribution in [1.29, 1.82) is 0 Å². The maximum atomic E-state index is 14.3. The predicted octanol–water partition coefficient (Wildman–Crippen LogP) is 6.13. The van der Waals surface area contributed by atoms with E-state index in [9.17, 15) is 14.7 Å². The van der Waals surface area contributed by atoms with Gasteiger partial charge in [-0.3, -0.25) is 4.79 Å². The Labute approximate surface area is 276 Å². The van der Waals surface area contributed by atoms with Crippen LogP contribution in [0.15, 0.2) is 18.5 Å². The molecule has 1 unspecified atom stereocenters. The van der Waals surface area contributed by atoms with Gasteiger partial charge >= 0.3 is 6.09 Å². The lowest BCUT2D eigenvalue weighted by molar-refractivity contribution is 0.0821. The fourth-order valence-corrected chi connectivity index (χ4v) is 7.46. The molecule has 13 heteroatoms. The highest BCUT2D eigenvalue weighted by Gasteiger charge is 2.45. The van der Waals surface area contributed by atoms with Crippen LogP contribution < -0.4 is 19.5 Å². The third-order valence-corrected chi connectivity index (χ3v) is 11.0. The van der Waals surface area contributed by atoms with Gasteiger partial charge in [-0.25, -0.2) is 14.8 Å². The number of likely N-dealkylation sites (tertiary alicyclic amines) is 1. The fourth-order valence-electron chi connectivity index (χ4n) is 6.70. The summed E-state index contributed by atoms with van der Waals surface area (Å²) in [6, 6.07) is 3.98. The van der Waals surface area contributed by atoms with Crippen LogP contribution in [0.4, 0.5) is 4.79 Å². The number of carbonyl (C=O) groups is 2. The minimum Gasteiger partial charge on any atom is -0.492 e. The number of carbonyl (C=O) groups excluding carboxylic acids is 1. The number of amides is 2. The highest BCUT2D eigenvalue weighted by atomic mass is 28.3. The van der Waals surface area contributed by atoms with Gasteiger partial charge in [0.25, 0.3) is 5.91 Å². The second-order valence-electron chi connectivity index (χ2n) is 15.2. The maximum Gasteiger partial charge on any atom is 0.407 e. The lowest BCUT2D eigenvalue weighted by atomic mass is 9.82. The zero-order valence-corrected chi connectivity index (χ0v) is 29.5. The van der Waals surface area contributed by atoms with E-state index in [2.05, 4.69) is 29.9 Å². The third kappa shape index (κ3) is 6.78. The number of rotatable bonds is 11. The van der Waals surface area contributed by atoms with Gasteiger partial charge in [-0.2, -0.15) is 0 Å². The van der Waals surface area contributed by atoms with Gasteiger partial charge in [0.1, 0.15) is 30.0 Å². The van der Waals surface area contributed by atoms with Crippen LogP contribution in [0.25, 0.3) is 22.3 Å². The lowest BCUT2D eigenvalue weighted by Crippen LogP contribution is -2.52. The van der Waals surface area contributed by atoms with Gasteiger partial charge in [-0.15, -0.1) is 0 Å². The molecule has 2 N–H and O–H groups in total. The number of fused-ring (bicyclic) bond motifs is 2. The summed E-state index contributed by atoms with van der Waals surface area (Å²) < 4.78 is 26.3. The Bertz CT molecular complexity index is 1670. The maximum absolute atomic E-state index is 14.3.